The van der Waals surface area contributed by atoms with Gasteiger partial charge in [-0.25, -0.2) is 0 Å². The van der Waals surface area contributed by atoms with Crippen molar-refractivity contribution in [1.82, 2.24) is 4.90 Å². The molecule has 0 bridgehead atoms. The minimum Gasteiger partial charge on any atom is -0.395 e. The molecule has 1 fully saturated rings. The number of hydrogen-bond donors (Lipinski definition) is 1. The van der Waals surface area contributed by atoms with Crippen LogP contribution in [0.4, 0.5) is 0 Å². The van der Waals surface area contributed by atoms with Gasteiger partial charge >= 0.3 is 0 Å². The summed E-state index contributed by atoms with van der Waals surface area (Å²) in [4.78, 5) is 2.43. The number of aliphatic hydroxyl groups is 1. The van der Waals surface area contributed by atoms with Crippen LogP contribution in [0.1, 0.15) is 36.0 Å². The maximum absolute atomic E-state index is 9.15. The largest absolute Gasteiger partial charge is 0.395 e. The van der Waals surface area contributed by atoms with E-state index in [0.29, 0.717) is 6.04 Å². The highest BCUT2D eigenvalue weighted by molar-refractivity contribution is 5.28. The third-order valence-corrected chi connectivity index (χ3v) is 3.65. The zero-order valence-corrected chi connectivity index (χ0v) is 10.9. The van der Waals surface area contributed by atoms with Crippen LogP contribution in [0.2, 0.25) is 0 Å². The topological polar surface area (TPSA) is 23.5 Å². The quantitative estimate of drug-likeness (QED) is 0.845. The Bertz CT molecular complexity index is 351. The molecule has 0 atom stereocenters. The van der Waals surface area contributed by atoms with E-state index in [1.165, 1.54) is 36.0 Å². The van der Waals surface area contributed by atoms with Gasteiger partial charge in [0, 0.05) is 19.1 Å². The smallest absolute Gasteiger partial charge is 0.0558 e. The molecule has 0 radical (unpaired) electrons. The number of benzene rings is 1. The molecule has 0 spiro atoms. The van der Waals surface area contributed by atoms with Crippen molar-refractivity contribution in [3.8, 4) is 0 Å². The first-order valence-electron chi connectivity index (χ1n) is 6.61. The van der Waals surface area contributed by atoms with Gasteiger partial charge in [0.05, 0.1) is 6.61 Å². The second-order valence-electron chi connectivity index (χ2n) is 5.27. The lowest BCUT2D eigenvalue weighted by molar-refractivity contribution is 0.0945. The molecule has 1 aliphatic carbocycles. The SMILES string of the molecule is Cc1cc(C)cc(CN(CCO)C2CCC2)c1. The van der Waals surface area contributed by atoms with Gasteiger partial charge in [0.15, 0.2) is 0 Å². The van der Waals surface area contributed by atoms with Crippen LogP contribution in [0.25, 0.3) is 0 Å². The molecule has 0 saturated heterocycles. The first-order chi connectivity index (χ1) is 8.19. The van der Waals surface area contributed by atoms with Crippen LogP contribution in [-0.2, 0) is 6.54 Å². The van der Waals surface area contributed by atoms with Gasteiger partial charge in [-0.3, -0.25) is 4.90 Å². The zero-order valence-electron chi connectivity index (χ0n) is 10.9. The fraction of sp³-hybridized carbons (Fsp3) is 0.600. The van der Waals surface area contributed by atoms with Crippen LogP contribution in [0, 0.1) is 13.8 Å². The lowest BCUT2D eigenvalue weighted by atomic mass is 9.91. The first kappa shape index (κ1) is 12.6. The Morgan fingerprint density at radius 1 is 1.18 bits per heavy atom. The Hall–Kier alpha value is -0.860. The Labute approximate surface area is 104 Å². The zero-order chi connectivity index (χ0) is 12.3. The molecule has 0 unspecified atom stereocenters. The normalized spacial score (nSPS) is 16.2. The molecule has 2 rings (SSSR count). The van der Waals surface area contributed by atoms with E-state index in [4.69, 9.17) is 5.11 Å². The second kappa shape index (κ2) is 5.65. The highest BCUT2D eigenvalue weighted by Crippen LogP contribution is 2.26. The number of aliphatic hydroxyl groups excluding tert-OH is 1. The molecule has 1 saturated carbocycles. The summed E-state index contributed by atoms with van der Waals surface area (Å²) in [6.45, 7) is 6.35. The number of rotatable bonds is 5. The van der Waals surface area contributed by atoms with Gasteiger partial charge in [-0.1, -0.05) is 35.7 Å². The predicted molar refractivity (Wildman–Crippen MR) is 71.1 cm³/mol. The number of aryl methyl sites for hydroxylation is 2. The van der Waals surface area contributed by atoms with E-state index in [-0.39, 0.29) is 6.61 Å². The maximum atomic E-state index is 9.15. The number of nitrogens with zero attached hydrogens (tertiary/aromatic N) is 1. The van der Waals surface area contributed by atoms with Gasteiger partial charge in [-0.05, 0) is 32.3 Å². The minimum absolute atomic E-state index is 0.265. The van der Waals surface area contributed by atoms with Gasteiger partial charge in [0.25, 0.3) is 0 Å². The molecule has 94 valence electrons. The first-order valence-corrected chi connectivity index (χ1v) is 6.61. The Morgan fingerprint density at radius 3 is 2.29 bits per heavy atom. The molecule has 0 aliphatic heterocycles. The molecule has 1 aromatic carbocycles. The van der Waals surface area contributed by atoms with Crippen molar-refractivity contribution in [2.24, 2.45) is 0 Å². The molecule has 2 heteroatoms. The van der Waals surface area contributed by atoms with Gasteiger partial charge in [0.2, 0.25) is 0 Å². The average molecular weight is 233 g/mol. The lowest BCUT2D eigenvalue weighted by Gasteiger charge is -2.37. The Kier molecular flexibility index (Phi) is 4.19. The summed E-state index contributed by atoms with van der Waals surface area (Å²) in [7, 11) is 0. The summed E-state index contributed by atoms with van der Waals surface area (Å²) in [5.41, 5.74) is 4.04. The summed E-state index contributed by atoms with van der Waals surface area (Å²) in [6.07, 6.45) is 3.94. The van der Waals surface area contributed by atoms with Gasteiger partial charge in [-0.2, -0.15) is 0 Å². The van der Waals surface area contributed by atoms with Crippen molar-refractivity contribution < 1.29 is 5.11 Å². The van der Waals surface area contributed by atoms with Crippen molar-refractivity contribution in [1.29, 1.82) is 0 Å². The molecule has 17 heavy (non-hydrogen) atoms. The highest BCUT2D eigenvalue weighted by Gasteiger charge is 2.24. The maximum Gasteiger partial charge on any atom is 0.0558 e. The van der Waals surface area contributed by atoms with Gasteiger partial charge in [0.1, 0.15) is 0 Å². The standard InChI is InChI=1S/C15H23NO/c1-12-8-13(2)10-14(9-12)11-16(6-7-17)15-4-3-5-15/h8-10,15,17H,3-7,11H2,1-2H3. The molecule has 1 aliphatic rings. The fourth-order valence-electron chi connectivity index (χ4n) is 2.67. The molecule has 0 amide bonds. The van der Waals surface area contributed by atoms with Crippen LogP contribution in [0.3, 0.4) is 0 Å². The Balaban J connectivity index is 2.05. The van der Waals surface area contributed by atoms with Crippen LogP contribution in [-0.4, -0.2) is 29.2 Å². The summed E-state index contributed by atoms with van der Waals surface area (Å²) >= 11 is 0. The molecule has 1 aromatic rings. The van der Waals surface area contributed by atoms with Crippen LogP contribution >= 0.6 is 0 Å². The van der Waals surface area contributed by atoms with E-state index in [0.717, 1.165) is 13.1 Å². The van der Waals surface area contributed by atoms with E-state index in [9.17, 15) is 0 Å². The molecule has 1 N–H and O–H groups in total. The van der Waals surface area contributed by atoms with Crippen molar-refractivity contribution >= 4 is 0 Å². The third kappa shape index (κ3) is 3.30. The molecular formula is C15H23NO. The van der Waals surface area contributed by atoms with E-state index >= 15 is 0 Å². The highest BCUT2D eigenvalue weighted by atomic mass is 16.3. The Morgan fingerprint density at radius 2 is 1.82 bits per heavy atom. The summed E-state index contributed by atoms with van der Waals surface area (Å²) in [6, 6.07) is 7.43. The van der Waals surface area contributed by atoms with E-state index in [2.05, 4.69) is 36.9 Å². The van der Waals surface area contributed by atoms with E-state index < -0.39 is 0 Å². The molecule has 0 aromatic heterocycles. The predicted octanol–water partition coefficient (Wildman–Crippen LogP) is 2.65. The third-order valence-electron chi connectivity index (χ3n) is 3.65. The van der Waals surface area contributed by atoms with Crippen LogP contribution in [0.15, 0.2) is 18.2 Å². The second-order valence-corrected chi connectivity index (χ2v) is 5.27. The van der Waals surface area contributed by atoms with Gasteiger partial charge in [-0.15, -0.1) is 0 Å². The van der Waals surface area contributed by atoms with Crippen molar-refractivity contribution in [2.75, 3.05) is 13.2 Å². The summed E-state index contributed by atoms with van der Waals surface area (Å²) < 4.78 is 0. The monoisotopic (exact) mass is 233 g/mol. The van der Waals surface area contributed by atoms with Crippen molar-refractivity contribution in [3.63, 3.8) is 0 Å². The molecular weight excluding hydrogens is 210 g/mol. The number of hydrogen-bond acceptors (Lipinski definition) is 2. The molecule has 0 heterocycles. The summed E-state index contributed by atoms with van der Waals surface area (Å²) in [5.74, 6) is 0. The van der Waals surface area contributed by atoms with Gasteiger partial charge < -0.3 is 5.11 Å². The van der Waals surface area contributed by atoms with Crippen molar-refractivity contribution in [2.45, 2.75) is 45.7 Å². The fourth-order valence-corrected chi connectivity index (χ4v) is 2.67. The average Bonchev–Trinajstić information content (AvgIpc) is 2.13. The molecule has 2 nitrogen and oxygen atoms in total. The van der Waals surface area contributed by atoms with Crippen LogP contribution < -0.4 is 0 Å². The van der Waals surface area contributed by atoms with Crippen molar-refractivity contribution in [3.05, 3.63) is 34.9 Å². The van der Waals surface area contributed by atoms with Crippen LogP contribution in [0.5, 0.6) is 0 Å². The van der Waals surface area contributed by atoms with E-state index in [1.54, 1.807) is 0 Å². The lowest BCUT2D eigenvalue weighted by Crippen LogP contribution is -2.41. The summed E-state index contributed by atoms with van der Waals surface area (Å²) in [5, 5.41) is 9.15. The van der Waals surface area contributed by atoms with E-state index in [1.807, 2.05) is 0 Å². The minimum atomic E-state index is 0.265.